The molecule has 1 fully saturated rings. The number of carbonyl (C=O) groups excluding carboxylic acids is 2. The van der Waals surface area contributed by atoms with Gasteiger partial charge in [0.25, 0.3) is 11.8 Å². The van der Waals surface area contributed by atoms with Crippen LogP contribution in [-0.2, 0) is 10.5 Å². The molecule has 1 atom stereocenters. The van der Waals surface area contributed by atoms with E-state index in [9.17, 15) is 9.59 Å². The van der Waals surface area contributed by atoms with E-state index >= 15 is 0 Å². The minimum Gasteiger partial charge on any atom is -0.350 e. The number of fused-ring (bicyclic) bond motifs is 3. The summed E-state index contributed by atoms with van der Waals surface area (Å²) >= 11 is 6.10. The number of halogens is 1. The molecule has 2 heterocycles. The zero-order valence-corrected chi connectivity index (χ0v) is 14.4. The van der Waals surface area contributed by atoms with Gasteiger partial charge in [-0.25, -0.2) is 0 Å². The van der Waals surface area contributed by atoms with Crippen molar-refractivity contribution in [2.45, 2.75) is 24.5 Å². The molecule has 5 rings (SSSR count). The fourth-order valence-electron chi connectivity index (χ4n) is 4.01. The Balaban J connectivity index is 1.79. The van der Waals surface area contributed by atoms with Crippen LogP contribution in [-0.4, -0.2) is 29.8 Å². The lowest BCUT2D eigenvalue weighted by Crippen LogP contribution is -2.63. The van der Waals surface area contributed by atoms with Crippen LogP contribution in [0.3, 0.4) is 0 Å². The second kappa shape index (κ2) is 4.76. The Kier molecular flexibility index (Phi) is 2.82. The molecule has 2 aliphatic heterocycles. The van der Waals surface area contributed by atoms with E-state index in [1.165, 1.54) is 0 Å². The topological polar surface area (TPSA) is 52.7 Å². The van der Waals surface area contributed by atoms with Crippen LogP contribution in [0.1, 0.15) is 28.8 Å². The predicted octanol–water partition coefficient (Wildman–Crippen LogP) is 3.20. The van der Waals surface area contributed by atoms with E-state index in [1.54, 1.807) is 35.0 Å². The van der Waals surface area contributed by atoms with E-state index < -0.39 is 5.66 Å². The van der Waals surface area contributed by atoms with Crippen LogP contribution >= 0.6 is 11.6 Å². The normalized spacial score (nSPS) is 24.4. The lowest BCUT2D eigenvalue weighted by molar-refractivity contribution is -0.127. The van der Waals surface area contributed by atoms with Crippen molar-refractivity contribution in [3.63, 3.8) is 0 Å². The zero-order valence-electron chi connectivity index (χ0n) is 13.6. The molecule has 2 aromatic carbocycles. The van der Waals surface area contributed by atoms with Gasteiger partial charge in [0.2, 0.25) is 5.66 Å². The monoisotopic (exact) mass is 353 g/mol. The summed E-state index contributed by atoms with van der Waals surface area (Å²) in [5.41, 5.74) is 1.64. The van der Waals surface area contributed by atoms with Crippen molar-refractivity contribution in [3.05, 3.63) is 58.6 Å². The summed E-state index contributed by atoms with van der Waals surface area (Å²) in [6.45, 7) is 0. The van der Waals surface area contributed by atoms with Gasteiger partial charge < -0.3 is 15.1 Å². The number of anilines is 2. The molecule has 1 N–H and O–H groups in total. The van der Waals surface area contributed by atoms with Gasteiger partial charge in [-0.2, -0.15) is 0 Å². The second-order valence-electron chi connectivity index (χ2n) is 6.81. The van der Waals surface area contributed by atoms with Crippen molar-refractivity contribution in [1.82, 2.24) is 4.90 Å². The quantitative estimate of drug-likeness (QED) is 0.856. The number of benzene rings is 2. The maximum atomic E-state index is 13.3. The van der Waals surface area contributed by atoms with Crippen molar-refractivity contribution >= 4 is 34.8 Å². The summed E-state index contributed by atoms with van der Waals surface area (Å²) in [7, 11) is 1.75. The summed E-state index contributed by atoms with van der Waals surface area (Å²) in [6, 6.07) is 12.9. The number of amides is 2. The summed E-state index contributed by atoms with van der Waals surface area (Å²) in [6.07, 6.45) is 1.81. The molecule has 0 bridgehead atoms. The SMILES string of the molecule is CN1C(=O)[C@@]2(Nc3ccc(Cl)cc3C(=O)N2C2CC2)c2ccccc21. The zero-order chi connectivity index (χ0) is 17.3. The number of para-hydroxylation sites is 1. The number of nitrogens with zero attached hydrogens (tertiary/aromatic N) is 2. The molecule has 1 saturated carbocycles. The average Bonchev–Trinajstić information content (AvgIpc) is 3.42. The van der Waals surface area contributed by atoms with E-state index in [0.29, 0.717) is 16.3 Å². The van der Waals surface area contributed by atoms with Crippen LogP contribution in [0.15, 0.2) is 42.5 Å². The van der Waals surface area contributed by atoms with E-state index in [0.717, 1.165) is 24.1 Å². The first-order valence-corrected chi connectivity index (χ1v) is 8.71. The first-order valence-electron chi connectivity index (χ1n) is 8.33. The fourth-order valence-corrected chi connectivity index (χ4v) is 4.18. The lowest BCUT2D eigenvalue weighted by atomic mass is 9.92. The highest BCUT2D eigenvalue weighted by molar-refractivity contribution is 6.31. The Morgan fingerprint density at radius 2 is 1.92 bits per heavy atom. The molecule has 6 heteroatoms. The Bertz CT molecular complexity index is 940. The summed E-state index contributed by atoms with van der Waals surface area (Å²) in [4.78, 5) is 30.0. The summed E-state index contributed by atoms with van der Waals surface area (Å²) in [5, 5.41) is 3.90. The molecule has 0 radical (unpaired) electrons. The Morgan fingerprint density at radius 3 is 2.68 bits per heavy atom. The van der Waals surface area contributed by atoms with Crippen LogP contribution in [0.2, 0.25) is 5.02 Å². The van der Waals surface area contributed by atoms with Gasteiger partial charge in [-0.05, 0) is 37.1 Å². The van der Waals surface area contributed by atoms with Gasteiger partial charge in [-0.15, -0.1) is 0 Å². The molecule has 0 unspecified atom stereocenters. The number of hydrogen-bond acceptors (Lipinski definition) is 3. The van der Waals surface area contributed by atoms with Gasteiger partial charge >= 0.3 is 0 Å². The molecule has 25 heavy (non-hydrogen) atoms. The largest absolute Gasteiger partial charge is 0.350 e. The minimum atomic E-state index is -1.18. The maximum Gasteiger partial charge on any atom is 0.278 e. The standard InChI is InChI=1S/C19H16ClN3O2/c1-22-16-5-3-2-4-14(16)19(18(22)25)21-15-9-6-11(20)10-13(15)17(24)23(19)12-7-8-12/h2-6,9-10,12,21H,7-8H2,1H3/t19-/m1/s1. The molecule has 3 aliphatic rings. The van der Waals surface area contributed by atoms with Crippen molar-refractivity contribution in [2.75, 3.05) is 17.3 Å². The minimum absolute atomic E-state index is 0.0654. The smallest absolute Gasteiger partial charge is 0.278 e. The molecule has 1 aliphatic carbocycles. The van der Waals surface area contributed by atoms with Crippen LogP contribution in [0.25, 0.3) is 0 Å². The Hall–Kier alpha value is -2.53. The van der Waals surface area contributed by atoms with Crippen molar-refractivity contribution < 1.29 is 9.59 Å². The van der Waals surface area contributed by atoms with Crippen LogP contribution in [0.4, 0.5) is 11.4 Å². The second-order valence-corrected chi connectivity index (χ2v) is 7.25. The van der Waals surface area contributed by atoms with Crippen LogP contribution in [0.5, 0.6) is 0 Å². The van der Waals surface area contributed by atoms with Gasteiger partial charge in [-0.1, -0.05) is 29.8 Å². The number of likely N-dealkylation sites (N-methyl/N-ethyl adjacent to an activating group) is 1. The number of hydrogen-bond donors (Lipinski definition) is 1. The van der Waals surface area contributed by atoms with E-state index in [1.807, 2.05) is 24.3 Å². The lowest BCUT2D eigenvalue weighted by Gasteiger charge is -2.45. The number of rotatable bonds is 1. The van der Waals surface area contributed by atoms with Gasteiger partial charge in [0.15, 0.2) is 0 Å². The van der Waals surface area contributed by atoms with Gasteiger partial charge in [0.05, 0.1) is 11.3 Å². The van der Waals surface area contributed by atoms with Crippen molar-refractivity contribution in [1.29, 1.82) is 0 Å². The highest BCUT2D eigenvalue weighted by Gasteiger charge is 2.61. The molecule has 1 spiro atoms. The van der Waals surface area contributed by atoms with Crippen LogP contribution in [0, 0.1) is 0 Å². The third kappa shape index (κ3) is 1.79. The third-order valence-electron chi connectivity index (χ3n) is 5.29. The Labute approximate surface area is 150 Å². The molecule has 5 nitrogen and oxygen atoms in total. The van der Waals surface area contributed by atoms with Gasteiger partial charge in [-0.3, -0.25) is 9.59 Å². The van der Waals surface area contributed by atoms with Gasteiger partial charge in [0, 0.05) is 29.4 Å². The molecular weight excluding hydrogens is 338 g/mol. The number of carbonyl (C=O) groups is 2. The van der Waals surface area contributed by atoms with E-state index in [-0.39, 0.29) is 17.9 Å². The summed E-state index contributed by atoms with van der Waals surface area (Å²) in [5.74, 6) is -0.272. The fraction of sp³-hybridized carbons (Fsp3) is 0.263. The highest BCUT2D eigenvalue weighted by Crippen LogP contribution is 2.51. The van der Waals surface area contributed by atoms with E-state index in [4.69, 9.17) is 11.6 Å². The van der Waals surface area contributed by atoms with Gasteiger partial charge in [0.1, 0.15) is 0 Å². The molecule has 0 saturated heterocycles. The molecule has 0 aromatic heterocycles. The maximum absolute atomic E-state index is 13.3. The molecule has 126 valence electrons. The Morgan fingerprint density at radius 1 is 1.16 bits per heavy atom. The van der Waals surface area contributed by atoms with E-state index in [2.05, 4.69) is 5.32 Å². The first kappa shape index (κ1) is 14.8. The number of nitrogens with one attached hydrogen (secondary N) is 1. The van der Waals surface area contributed by atoms with Crippen LogP contribution < -0.4 is 10.2 Å². The molecule has 2 aromatic rings. The van der Waals surface area contributed by atoms with Crippen molar-refractivity contribution in [3.8, 4) is 0 Å². The molecule has 2 amide bonds. The molecular formula is C19H16ClN3O2. The third-order valence-corrected chi connectivity index (χ3v) is 5.52. The summed E-state index contributed by atoms with van der Waals surface area (Å²) < 4.78 is 0. The predicted molar refractivity (Wildman–Crippen MR) is 95.8 cm³/mol. The van der Waals surface area contributed by atoms with Crippen molar-refractivity contribution in [2.24, 2.45) is 0 Å². The highest BCUT2D eigenvalue weighted by atomic mass is 35.5. The first-order chi connectivity index (χ1) is 12.0. The average molecular weight is 354 g/mol.